The molecule has 0 bridgehead atoms. The average Bonchev–Trinajstić information content (AvgIpc) is 2.79. The van der Waals surface area contributed by atoms with Crippen LogP contribution in [0.25, 0.3) is 0 Å². The number of aliphatic hydroxyl groups is 8. The number of hydrogen-bond acceptors (Lipinski definition) is 10. The Bertz CT molecular complexity index is 577. The van der Waals surface area contributed by atoms with Crippen LogP contribution in [0.3, 0.4) is 0 Å². The van der Waals surface area contributed by atoms with Crippen LogP contribution in [0.15, 0.2) is 24.3 Å². The third-order valence-electron chi connectivity index (χ3n) is 4.91. The van der Waals surface area contributed by atoms with Gasteiger partial charge in [-0.25, -0.2) is 0 Å². The number of nitrogens with zero attached hydrogens (tertiary/aromatic N) is 2. The first-order valence-electron chi connectivity index (χ1n) is 9.55. The Morgan fingerprint density at radius 2 is 0.933 bits per heavy atom. The first kappa shape index (κ1) is 26.2. The Labute approximate surface area is 174 Å². The summed E-state index contributed by atoms with van der Waals surface area (Å²) in [5.74, 6) is -0.643. The summed E-state index contributed by atoms with van der Waals surface area (Å²) in [5, 5.41) is 75.9. The Hall–Kier alpha value is -1.83. The van der Waals surface area contributed by atoms with Gasteiger partial charge in [0.25, 0.3) is 5.91 Å². The van der Waals surface area contributed by atoms with E-state index in [0.717, 1.165) is 4.90 Å². The van der Waals surface area contributed by atoms with Crippen LogP contribution >= 0.6 is 0 Å². The van der Waals surface area contributed by atoms with Crippen molar-refractivity contribution in [2.75, 3.05) is 57.8 Å². The molecule has 1 aromatic rings. The molecular formula is C19H32N2O9. The van der Waals surface area contributed by atoms with Crippen LogP contribution in [0.2, 0.25) is 0 Å². The third-order valence-corrected chi connectivity index (χ3v) is 4.91. The summed E-state index contributed by atoms with van der Waals surface area (Å²) in [6.07, 6.45) is 0. The van der Waals surface area contributed by atoms with Crippen LogP contribution in [-0.2, 0) is 0 Å². The van der Waals surface area contributed by atoms with Crippen LogP contribution in [0, 0.1) is 0 Å². The van der Waals surface area contributed by atoms with Gasteiger partial charge in [-0.2, -0.15) is 0 Å². The van der Waals surface area contributed by atoms with E-state index in [1.165, 1.54) is 29.2 Å². The first-order valence-corrected chi connectivity index (χ1v) is 9.55. The van der Waals surface area contributed by atoms with E-state index < -0.39 is 82.9 Å². The van der Waals surface area contributed by atoms with E-state index in [0.29, 0.717) is 5.69 Å². The number of aliphatic hydroxyl groups excluding tert-OH is 8. The van der Waals surface area contributed by atoms with Gasteiger partial charge in [0.15, 0.2) is 0 Å². The standard InChI is InChI=1S/C19H32N2O9/c22-5-15(6-23)20(16(7-24)8-25)14-3-1-13(2-4-14)19(30)21(17(9-26)10-27)18(11-28)12-29/h1-4,15-18,22-29H,5-12H2. The van der Waals surface area contributed by atoms with Gasteiger partial charge in [-0.05, 0) is 24.3 Å². The normalized spacial score (nSPS) is 11.7. The van der Waals surface area contributed by atoms with Gasteiger partial charge in [0.1, 0.15) is 0 Å². The van der Waals surface area contributed by atoms with Crippen molar-refractivity contribution in [1.82, 2.24) is 4.90 Å². The molecule has 1 amide bonds. The van der Waals surface area contributed by atoms with Gasteiger partial charge >= 0.3 is 0 Å². The lowest BCUT2D eigenvalue weighted by atomic mass is 10.1. The minimum atomic E-state index is -1.03. The second-order valence-corrected chi connectivity index (χ2v) is 6.74. The van der Waals surface area contributed by atoms with E-state index in [9.17, 15) is 45.6 Å². The maximum absolute atomic E-state index is 12.9. The number of amides is 1. The van der Waals surface area contributed by atoms with Crippen LogP contribution in [0.1, 0.15) is 10.4 Å². The first-order chi connectivity index (χ1) is 14.5. The molecular weight excluding hydrogens is 400 g/mol. The smallest absolute Gasteiger partial charge is 0.254 e. The second kappa shape index (κ2) is 13.5. The maximum atomic E-state index is 12.9. The molecule has 1 rings (SSSR count). The summed E-state index contributed by atoms with van der Waals surface area (Å²) in [6.45, 7) is -4.06. The molecule has 0 aliphatic rings. The molecule has 1 aromatic carbocycles. The molecule has 0 saturated heterocycles. The molecule has 172 valence electrons. The lowest BCUT2D eigenvalue weighted by Crippen LogP contribution is -2.53. The number of carbonyl (C=O) groups excluding carboxylic acids is 1. The van der Waals surface area contributed by atoms with E-state index in [4.69, 9.17) is 0 Å². The maximum Gasteiger partial charge on any atom is 0.254 e. The van der Waals surface area contributed by atoms with Crippen molar-refractivity contribution in [2.45, 2.75) is 24.2 Å². The topological polar surface area (TPSA) is 185 Å². The monoisotopic (exact) mass is 432 g/mol. The minimum Gasteiger partial charge on any atom is -0.394 e. The number of anilines is 1. The third kappa shape index (κ3) is 6.09. The van der Waals surface area contributed by atoms with Gasteiger partial charge in [-0.15, -0.1) is 0 Å². The largest absolute Gasteiger partial charge is 0.394 e. The number of carbonyl (C=O) groups is 1. The zero-order valence-corrected chi connectivity index (χ0v) is 16.7. The van der Waals surface area contributed by atoms with Crippen LogP contribution < -0.4 is 4.90 Å². The SMILES string of the molecule is O=C(c1ccc(N(C(CO)CO)C(CO)CO)cc1)N(C(CO)CO)C(CO)CO. The van der Waals surface area contributed by atoms with E-state index >= 15 is 0 Å². The average molecular weight is 432 g/mol. The summed E-state index contributed by atoms with van der Waals surface area (Å²) in [6, 6.07) is 2.14. The molecule has 0 unspecified atom stereocenters. The van der Waals surface area contributed by atoms with Crippen molar-refractivity contribution in [1.29, 1.82) is 0 Å². The number of benzene rings is 1. The lowest BCUT2D eigenvalue weighted by Gasteiger charge is -2.37. The molecule has 30 heavy (non-hydrogen) atoms. The van der Waals surface area contributed by atoms with E-state index in [2.05, 4.69) is 0 Å². The highest BCUT2D eigenvalue weighted by Gasteiger charge is 2.31. The van der Waals surface area contributed by atoms with Gasteiger partial charge in [0, 0.05) is 11.3 Å². The van der Waals surface area contributed by atoms with Crippen molar-refractivity contribution in [3.63, 3.8) is 0 Å². The summed E-state index contributed by atoms with van der Waals surface area (Å²) in [7, 11) is 0. The van der Waals surface area contributed by atoms with Crippen LogP contribution in [-0.4, -0.2) is 129 Å². The van der Waals surface area contributed by atoms with Gasteiger partial charge in [0.2, 0.25) is 0 Å². The predicted octanol–water partition coefficient (Wildman–Crippen LogP) is -3.65. The molecule has 0 saturated carbocycles. The summed E-state index contributed by atoms with van der Waals surface area (Å²) >= 11 is 0. The molecule has 0 spiro atoms. The van der Waals surface area contributed by atoms with Gasteiger partial charge in [-0.1, -0.05) is 0 Å². The van der Waals surface area contributed by atoms with Gasteiger partial charge < -0.3 is 50.7 Å². The van der Waals surface area contributed by atoms with Crippen LogP contribution in [0.5, 0.6) is 0 Å². The van der Waals surface area contributed by atoms with E-state index in [1.807, 2.05) is 0 Å². The van der Waals surface area contributed by atoms with Crippen molar-refractivity contribution in [3.8, 4) is 0 Å². The van der Waals surface area contributed by atoms with E-state index in [1.54, 1.807) is 0 Å². The zero-order valence-electron chi connectivity index (χ0n) is 16.7. The highest BCUT2D eigenvalue weighted by Crippen LogP contribution is 2.22. The molecule has 8 N–H and O–H groups in total. The van der Waals surface area contributed by atoms with E-state index in [-0.39, 0.29) is 5.56 Å². The Kier molecular flexibility index (Phi) is 11.8. The van der Waals surface area contributed by atoms with Gasteiger partial charge in [0.05, 0.1) is 77.0 Å². The Balaban J connectivity index is 3.27. The number of rotatable bonds is 14. The van der Waals surface area contributed by atoms with Crippen LogP contribution in [0.4, 0.5) is 5.69 Å². The van der Waals surface area contributed by atoms with Crippen molar-refractivity contribution < 1.29 is 45.6 Å². The summed E-state index contributed by atoms with van der Waals surface area (Å²) in [5.41, 5.74) is 0.549. The lowest BCUT2D eigenvalue weighted by molar-refractivity contribution is 0.00542. The van der Waals surface area contributed by atoms with Crippen molar-refractivity contribution in [3.05, 3.63) is 29.8 Å². The highest BCUT2D eigenvalue weighted by molar-refractivity contribution is 5.95. The number of hydrogen-bond donors (Lipinski definition) is 8. The fourth-order valence-electron chi connectivity index (χ4n) is 3.21. The Morgan fingerprint density at radius 3 is 1.23 bits per heavy atom. The second-order valence-electron chi connectivity index (χ2n) is 6.74. The zero-order chi connectivity index (χ0) is 22.7. The van der Waals surface area contributed by atoms with Crippen molar-refractivity contribution in [2.24, 2.45) is 0 Å². The molecule has 11 nitrogen and oxygen atoms in total. The fraction of sp³-hybridized carbons (Fsp3) is 0.632. The van der Waals surface area contributed by atoms with Crippen molar-refractivity contribution >= 4 is 11.6 Å². The molecule has 0 atom stereocenters. The minimum absolute atomic E-state index is 0.131. The van der Waals surface area contributed by atoms with Gasteiger partial charge in [-0.3, -0.25) is 4.79 Å². The molecule has 0 heterocycles. The molecule has 0 radical (unpaired) electrons. The Morgan fingerprint density at radius 1 is 0.600 bits per heavy atom. The molecule has 0 aliphatic heterocycles. The molecule has 0 aromatic heterocycles. The predicted molar refractivity (Wildman–Crippen MR) is 107 cm³/mol. The summed E-state index contributed by atoms with van der Waals surface area (Å²) in [4.78, 5) is 15.4. The molecule has 0 fully saturated rings. The molecule has 0 aliphatic carbocycles. The summed E-state index contributed by atoms with van der Waals surface area (Å²) < 4.78 is 0. The molecule has 11 heteroatoms. The quantitative estimate of drug-likeness (QED) is 0.146. The fourth-order valence-corrected chi connectivity index (χ4v) is 3.21. The highest BCUT2D eigenvalue weighted by atomic mass is 16.3.